The first-order valence-electron chi connectivity index (χ1n) is 4.58. The second kappa shape index (κ2) is 3.08. The van der Waals surface area contributed by atoms with Crippen LogP contribution in [0.15, 0.2) is 6.33 Å². The van der Waals surface area contributed by atoms with Crippen molar-refractivity contribution in [3.05, 3.63) is 12.0 Å². The van der Waals surface area contributed by atoms with E-state index in [-0.39, 0.29) is 17.5 Å². The second-order valence-corrected chi connectivity index (χ2v) is 3.90. The van der Waals surface area contributed by atoms with Crippen LogP contribution >= 0.6 is 0 Å². The Morgan fingerprint density at radius 2 is 2.27 bits per heavy atom. The minimum atomic E-state index is -0.698. The van der Waals surface area contributed by atoms with E-state index < -0.39 is 11.3 Å². The van der Waals surface area contributed by atoms with Crippen LogP contribution in [-0.2, 0) is 4.79 Å². The maximum absolute atomic E-state index is 11.5. The van der Waals surface area contributed by atoms with Crippen molar-refractivity contribution in [1.82, 2.24) is 9.97 Å². The molecule has 0 bridgehead atoms. The number of nitrogens with one attached hydrogen (secondary N) is 1. The summed E-state index contributed by atoms with van der Waals surface area (Å²) in [4.78, 5) is 28.7. The van der Waals surface area contributed by atoms with Crippen LogP contribution in [0, 0.1) is 5.41 Å². The van der Waals surface area contributed by atoms with E-state index in [2.05, 4.69) is 9.97 Å². The van der Waals surface area contributed by atoms with Gasteiger partial charge in [0, 0.05) is 0 Å². The molecule has 1 heterocycles. The number of nitrogens with zero attached hydrogens (tertiary/aromatic N) is 1. The Hall–Kier alpha value is -1.85. The number of aromatic amines is 1. The number of ether oxygens (including phenoxy) is 1. The third-order valence-corrected chi connectivity index (χ3v) is 2.53. The molecule has 0 atom stereocenters. The highest BCUT2D eigenvalue weighted by Gasteiger charge is 2.47. The number of carbonyl (C=O) groups excluding carboxylic acids is 2. The molecule has 1 amide bonds. The monoisotopic (exact) mass is 209 g/mol. The van der Waals surface area contributed by atoms with E-state index in [1.807, 2.05) is 6.92 Å². The molecule has 1 saturated carbocycles. The summed E-state index contributed by atoms with van der Waals surface area (Å²) in [5, 5.41) is 0. The van der Waals surface area contributed by atoms with E-state index in [0.717, 1.165) is 12.8 Å². The Morgan fingerprint density at radius 1 is 1.60 bits per heavy atom. The lowest BCUT2D eigenvalue weighted by Crippen LogP contribution is -2.21. The van der Waals surface area contributed by atoms with Crippen LogP contribution in [0.4, 0.5) is 0 Å². The van der Waals surface area contributed by atoms with Gasteiger partial charge < -0.3 is 15.5 Å². The first kappa shape index (κ1) is 9.70. The van der Waals surface area contributed by atoms with Gasteiger partial charge in [-0.2, -0.15) is 0 Å². The number of carbonyl (C=O) groups is 2. The third-order valence-electron chi connectivity index (χ3n) is 2.53. The van der Waals surface area contributed by atoms with Gasteiger partial charge in [-0.05, 0) is 19.8 Å². The summed E-state index contributed by atoms with van der Waals surface area (Å²) < 4.78 is 4.99. The third kappa shape index (κ3) is 1.70. The second-order valence-electron chi connectivity index (χ2n) is 3.90. The Bertz CT molecular complexity index is 420. The van der Waals surface area contributed by atoms with Gasteiger partial charge in [0.25, 0.3) is 11.8 Å². The Labute approximate surface area is 85.8 Å². The van der Waals surface area contributed by atoms with Gasteiger partial charge in [-0.15, -0.1) is 0 Å². The molecule has 3 N–H and O–H groups in total. The summed E-state index contributed by atoms with van der Waals surface area (Å²) in [6.45, 7) is 1.81. The van der Waals surface area contributed by atoms with Gasteiger partial charge in [-0.3, -0.25) is 9.59 Å². The van der Waals surface area contributed by atoms with Gasteiger partial charge in [-0.1, -0.05) is 0 Å². The number of primary amides is 1. The average molecular weight is 209 g/mol. The molecule has 6 nitrogen and oxygen atoms in total. The highest BCUT2D eigenvalue weighted by atomic mass is 16.5. The average Bonchev–Trinajstić information content (AvgIpc) is 2.77. The summed E-state index contributed by atoms with van der Waals surface area (Å²) in [7, 11) is 0. The van der Waals surface area contributed by atoms with E-state index in [1.54, 1.807) is 0 Å². The number of hydrogen-bond donors (Lipinski definition) is 2. The number of amides is 1. The van der Waals surface area contributed by atoms with Crippen molar-refractivity contribution < 1.29 is 14.3 Å². The molecule has 1 aromatic heterocycles. The molecule has 1 aliphatic carbocycles. The largest absolute Gasteiger partial charge is 0.404 e. The summed E-state index contributed by atoms with van der Waals surface area (Å²) in [6, 6.07) is 0. The summed E-state index contributed by atoms with van der Waals surface area (Å²) in [5.74, 6) is -1.10. The van der Waals surface area contributed by atoms with Crippen LogP contribution in [0.2, 0.25) is 0 Å². The molecule has 0 radical (unpaired) electrons. The molecule has 0 saturated heterocycles. The topological polar surface area (TPSA) is 98.1 Å². The van der Waals surface area contributed by atoms with Crippen LogP contribution in [0.25, 0.3) is 0 Å². The van der Waals surface area contributed by atoms with Gasteiger partial charge in [0.1, 0.15) is 0 Å². The molecule has 80 valence electrons. The quantitative estimate of drug-likeness (QED) is 0.695. The normalized spacial score (nSPS) is 17.1. The van der Waals surface area contributed by atoms with Crippen molar-refractivity contribution in [2.24, 2.45) is 11.1 Å². The van der Waals surface area contributed by atoms with Gasteiger partial charge in [0.15, 0.2) is 5.69 Å². The van der Waals surface area contributed by atoms with E-state index in [9.17, 15) is 9.59 Å². The molecule has 1 aromatic rings. The van der Waals surface area contributed by atoms with E-state index in [0.29, 0.717) is 0 Å². The number of rotatable bonds is 3. The van der Waals surface area contributed by atoms with Crippen molar-refractivity contribution in [3.63, 3.8) is 0 Å². The molecular formula is C9H11N3O3. The minimum Gasteiger partial charge on any atom is -0.404 e. The van der Waals surface area contributed by atoms with E-state index in [1.165, 1.54) is 6.33 Å². The fraction of sp³-hybridized carbons (Fsp3) is 0.444. The van der Waals surface area contributed by atoms with Crippen molar-refractivity contribution in [1.29, 1.82) is 0 Å². The molecule has 1 fully saturated rings. The highest BCUT2D eigenvalue weighted by Crippen LogP contribution is 2.46. The zero-order chi connectivity index (χ0) is 11.1. The standard InChI is InChI=1S/C9H11N3O3/c1-9(2-3-9)8(14)15-7-5(6(10)13)11-4-12-7/h4H,2-3H2,1H3,(H2,10,13)(H,11,12). The van der Waals surface area contributed by atoms with Gasteiger partial charge in [0.05, 0.1) is 11.7 Å². The zero-order valence-electron chi connectivity index (χ0n) is 8.24. The van der Waals surface area contributed by atoms with Crippen LogP contribution < -0.4 is 10.5 Å². The van der Waals surface area contributed by atoms with Gasteiger partial charge >= 0.3 is 5.97 Å². The van der Waals surface area contributed by atoms with Crippen LogP contribution in [0.3, 0.4) is 0 Å². The first-order valence-corrected chi connectivity index (χ1v) is 4.58. The summed E-state index contributed by atoms with van der Waals surface area (Å²) in [6.07, 6.45) is 2.88. The lowest BCUT2D eigenvalue weighted by molar-refractivity contribution is -0.140. The highest BCUT2D eigenvalue weighted by molar-refractivity contribution is 5.94. The number of nitrogens with two attached hydrogens (primary N) is 1. The van der Waals surface area contributed by atoms with Crippen molar-refractivity contribution in [3.8, 4) is 5.88 Å². The fourth-order valence-electron chi connectivity index (χ4n) is 1.14. The molecule has 6 heteroatoms. The molecule has 0 aliphatic heterocycles. The molecule has 0 unspecified atom stereocenters. The number of hydrogen-bond acceptors (Lipinski definition) is 4. The van der Waals surface area contributed by atoms with Gasteiger partial charge in [0.2, 0.25) is 0 Å². The van der Waals surface area contributed by atoms with Crippen molar-refractivity contribution >= 4 is 11.9 Å². The SMILES string of the molecule is CC1(C(=O)Oc2nc[nH]c2C(N)=O)CC1. The number of esters is 1. The Kier molecular flexibility index (Phi) is 1.99. The predicted molar refractivity (Wildman–Crippen MR) is 50.1 cm³/mol. The smallest absolute Gasteiger partial charge is 0.318 e. The summed E-state index contributed by atoms with van der Waals surface area (Å²) in [5.41, 5.74) is 4.67. The lowest BCUT2D eigenvalue weighted by atomic mass is 10.1. The molecule has 15 heavy (non-hydrogen) atoms. The fourth-order valence-corrected chi connectivity index (χ4v) is 1.14. The number of imidazole rings is 1. The Balaban J connectivity index is 2.14. The molecule has 0 aromatic carbocycles. The van der Waals surface area contributed by atoms with Crippen LogP contribution in [0.5, 0.6) is 5.88 Å². The van der Waals surface area contributed by atoms with Crippen LogP contribution in [-0.4, -0.2) is 21.8 Å². The van der Waals surface area contributed by atoms with Crippen molar-refractivity contribution in [2.75, 3.05) is 0 Å². The van der Waals surface area contributed by atoms with Crippen molar-refractivity contribution in [2.45, 2.75) is 19.8 Å². The lowest BCUT2D eigenvalue weighted by Gasteiger charge is -2.06. The van der Waals surface area contributed by atoms with Crippen LogP contribution in [0.1, 0.15) is 30.3 Å². The number of H-pyrrole nitrogens is 1. The zero-order valence-corrected chi connectivity index (χ0v) is 8.24. The molecule has 0 spiro atoms. The molecule has 1 aliphatic rings. The van der Waals surface area contributed by atoms with Gasteiger partial charge in [-0.25, -0.2) is 4.98 Å². The molecule has 2 rings (SSSR count). The maximum atomic E-state index is 11.5. The Morgan fingerprint density at radius 3 is 2.80 bits per heavy atom. The maximum Gasteiger partial charge on any atom is 0.318 e. The number of aromatic nitrogens is 2. The molecular weight excluding hydrogens is 198 g/mol. The first-order chi connectivity index (χ1) is 7.03. The summed E-state index contributed by atoms with van der Waals surface area (Å²) >= 11 is 0. The van der Waals surface area contributed by atoms with E-state index >= 15 is 0 Å². The minimum absolute atomic E-state index is 0.0209. The predicted octanol–water partition coefficient (Wildman–Crippen LogP) is 0.214. The van der Waals surface area contributed by atoms with E-state index in [4.69, 9.17) is 10.5 Å².